The topological polar surface area (TPSA) is 63.4 Å². The summed E-state index contributed by atoms with van der Waals surface area (Å²) in [6.07, 6.45) is 0.354. The highest BCUT2D eigenvalue weighted by atomic mass is 32.2. The summed E-state index contributed by atoms with van der Waals surface area (Å²) >= 11 is 0. The molecule has 1 rings (SSSR count). The molecule has 0 aliphatic heterocycles. The molecule has 0 amide bonds. The minimum Gasteiger partial charge on any atom is -0.329 e. The van der Waals surface area contributed by atoms with Gasteiger partial charge < -0.3 is 5.73 Å². The normalized spacial score (nSPS) is 12.0. The van der Waals surface area contributed by atoms with E-state index in [0.717, 1.165) is 0 Å². The number of halogens is 1. The van der Waals surface area contributed by atoms with Crippen molar-refractivity contribution >= 4 is 10.0 Å². The van der Waals surface area contributed by atoms with Crippen molar-refractivity contribution < 1.29 is 12.8 Å². The van der Waals surface area contributed by atoms with Crippen LogP contribution in [-0.4, -0.2) is 38.6 Å². The third-order valence-electron chi connectivity index (χ3n) is 2.50. The summed E-state index contributed by atoms with van der Waals surface area (Å²) in [6.45, 7) is 0.343. The lowest BCUT2D eigenvalue weighted by Gasteiger charge is -2.16. The highest BCUT2D eigenvalue weighted by Gasteiger charge is 2.16. The van der Waals surface area contributed by atoms with Gasteiger partial charge in [-0.2, -0.15) is 0 Å². The summed E-state index contributed by atoms with van der Waals surface area (Å²) in [6, 6.07) is 6.35. The molecule has 0 spiro atoms. The van der Waals surface area contributed by atoms with E-state index in [1.54, 1.807) is 18.2 Å². The Kier molecular flexibility index (Phi) is 5.04. The van der Waals surface area contributed by atoms with Crippen molar-refractivity contribution in [3.05, 3.63) is 35.6 Å². The van der Waals surface area contributed by atoms with Crippen LogP contribution in [0.1, 0.15) is 5.56 Å². The molecule has 96 valence electrons. The largest absolute Gasteiger partial charge is 0.329 e. The quantitative estimate of drug-likeness (QED) is 0.814. The second-order valence-electron chi connectivity index (χ2n) is 3.77. The zero-order valence-electron chi connectivity index (χ0n) is 9.77. The molecule has 1 aromatic rings. The van der Waals surface area contributed by atoms with Crippen molar-refractivity contribution in [1.29, 1.82) is 0 Å². The van der Waals surface area contributed by atoms with Crippen molar-refractivity contribution in [2.75, 3.05) is 25.9 Å². The molecule has 17 heavy (non-hydrogen) atoms. The fourth-order valence-electron chi connectivity index (χ4n) is 1.42. The van der Waals surface area contributed by atoms with Crippen molar-refractivity contribution in [3.63, 3.8) is 0 Å². The molecule has 0 saturated heterocycles. The second kappa shape index (κ2) is 6.09. The number of benzene rings is 1. The Labute approximate surface area is 101 Å². The highest BCUT2D eigenvalue weighted by molar-refractivity contribution is 7.89. The lowest BCUT2D eigenvalue weighted by atomic mass is 10.1. The fraction of sp³-hybridized carbons (Fsp3) is 0.455. The molecular formula is C11H17FN2O2S. The van der Waals surface area contributed by atoms with Gasteiger partial charge in [0.2, 0.25) is 10.0 Å². The van der Waals surface area contributed by atoms with E-state index in [1.807, 2.05) is 0 Å². The number of likely N-dealkylation sites (N-methyl/N-ethyl adjacent to an activating group) is 1. The zero-order valence-corrected chi connectivity index (χ0v) is 10.6. The van der Waals surface area contributed by atoms with Crippen LogP contribution < -0.4 is 5.73 Å². The summed E-state index contributed by atoms with van der Waals surface area (Å²) in [7, 11) is -1.83. The molecule has 4 nitrogen and oxygen atoms in total. The predicted molar refractivity (Wildman–Crippen MR) is 65.6 cm³/mol. The van der Waals surface area contributed by atoms with Crippen molar-refractivity contribution in [3.8, 4) is 0 Å². The molecule has 2 N–H and O–H groups in total. The van der Waals surface area contributed by atoms with Crippen LogP contribution in [0.15, 0.2) is 24.3 Å². The first-order chi connectivity index (χ1) is 7.97. The number of hydrogen-bond donors (Lipinski definition) is 1. The first-order valence-electron chi connectivity index (χ1n) is 5.35. The summed E-state index contributed by atoms with van der Waals surface area (Å²) in [5, 5.41) is 0. The van der Waals surface area contributed by atoms with Crippen molar-refractivity contribution in [1.82, 2.24) is 4.31 Å². The van der Waals surface area contributed by atoms with E-state index >= 15 is 0 Å². The predicted octanol–water partition coefficient (Wildman–Crippen LogP) is 0.589. The van der Waals surface area contributed by atoms with Gasteiger partial charge >= 0.3 is 0 Å². The van der Waals surface area contributed by atoms with E-state index in [1.165, 1.54) is 17.4 Å². The molecule has 0 aliphatic rings. The zero-order chi connectivity index (χ0) is 12.9. The molecule has 0 heterocycles. The van der Waals surface area contributed by atoms with Gasteiger partial charge in [-0.15, -0.1) is 0 Å². The van der Waals surface area contributed by atoms with E-state index in [2.05, 4.69) is 0 Å². The first kappa shape index (κ1) is 14.1. The Hall–Kier alpha value is -0.980. The Bertz CT molecular complexity index is 462. The third-order valence-corrected chi connectivity index (χ3v) is 4.39. The smallest absolute Gasteiger partial charge is 0.215 e. The summed E-state index contributed by atoms with van der Waals surface area (Å²) < 4.78 is 37.7. The minimum absolute atomic E-state index is 0.0826. The maximum Gasteiger partial charge on any atom is 0.215 e. The Morgan fingerprint density at radius 3 is 2.59 bits per heavy atom. The van der Waals surface area contributed by atoms with Crippen LogP contribution in [0.5, 0.6) is 0 Å². The molecule has 1 aromatic carbocycles. The molecule has 0 radical (unpaired) electrons. The van der Waals surface area contributed by atoms with Crippen LogP contribution >= 0.6 is 0 Å². The minimum atomic E-state index is -3.31. The van der Waals surface area contributed by atoms with E-state index in [-0.39, 0.29) is 24.7 Å². The fourth-order valence-corrected chi connectivity index (χ4v) is 2.40. The van der Waals surface area contributed by atoms with Crippen molar-refractivity contribution in [2.45, 2.75) is 6.42 Å². The molecular weight excluding hydrogens is 243 g/mol. The number of nitrogens with zero attached hydrogens (tertiary/aromatic N) is 1. The molecule has 6 heteroatoms. The average molecular weight is 260 g/mol. The number of nitrogens with two attached hydrogens (primary N) is 1. The van der Waals surface area contributed by atoms with Gasteiger partial charge in [-0.05, 0) is 18.1 Å². The number of rotatable bonds is 6. The molecule has 0 fully saturated rings. The van der Waals surface area contributed by atoms with Gasteiger partial charge in [0.05, 0.1) is 5.75 Å². The molecule has 0 unspecified atom stereocenters. The van der Waals surface area contributed by atoms with Crippen LogP contribution in [0.4, 0.5) is 4.39 Å². The van der Waals surface area contributed by atoms with Gasteiger partial charge in [0.25, 0.3) is 0 Å². The number of hydrogen-bond acceptors (Lipinski definition) is 3. The lowest BCUT2D eigenvalue weighted by Crippen LogP contribution is -2.33. The van der Waals surface area contributed by atoms with Crippen molar-refractivity contribution in [2.24, 2.45) is 5.73 Å². The summed E-state index contributed by atoms with van der Waals surface area (Å²) in [4.78, 5) is 0. The standard InChI is InChI=1S/C11H17FN2O2S/c1-14(17(15,16)9-7-13)8-6-10-4-2-3-5-11(10)12/h2-5H,6-9,13H2,1H3. The van der Waals surface area contributed by atoms with E-state index in [0.29, 0.717) is 12.0 Å². The van der Waals surface area contributed by atoms with E-state index in [4.69, 9.17) is 5.73 Å². The Morgan fingerprint density at radius 1 is 1.35 bits per heavy atom. The SMILES string of the molecule is CN(CCc1ccccc1F)S(=O)(=O)CCN. The van der Waals surface area contributed by atoms with Crippen LogP contribution in [0.25, 0.3) is 0 Å². The lowest BCUT2D eigenvalue weighted by molar-refractivity contribution is 0.468. The molecule has 0 aromatic heterocycles. The Balaban J connectivity index is 2.60. The molecule has 0 bridgehead atoms. The van der Waals surface area contributed by atoms with Gasteiger partial charge in [-0.1, -0.05) is 18.2 Å². The Morgan fingerprint density at radius 2 is 2.00 bits per heavy atom. The van der Waals surface area contributed by atoms with Gasteiger partial charge in [0, 0.05) is 20.1 Å². The summed E-state index contributed by atoms with van der Waals surface area (Å²) in [5.74, 6) is -0.391. The van der Waals surface area contributed by atoms with Crippen LogP contribution in [0.2, 0.25) is 0 Å². The van der Waals surface area contributed by atoms with E-state index < -0.39 is 10.0 Å². The monoisotopic (exact) mass is 260 g/mol. The summed E-state index contributed by atoms with van der Waals surface area (Å²) in [5.41, 5.74) is 5.73. The van der Waals surface area contributed by atoms with Gasteiger partial charge in [-0.25, -0.2) is 17.1 Å². The van der Waals surface area contributed by atoms with Gasteiger partial charge in [0.15, 0.2) is 0 Å². The highest BCUT2D eigenvalue weighted by Crippen LogP contribution is 2.08. The second-order valence-corrected chi connectivity index (χ2v) is 5.96. The van der Waals surface area contributed by atoms with Crippen LogP contribution in [0, 0.1) is 5.82 Å². The average Bonchev–Trinajstić information content (AvgIpc) is 2.27. The molecule has 0 atom stereocenters. The first-order valence-corrected chi connectivity index (χ1v) is 6.96. The molecule has 0 aliphatic carbocycles. The maximum absolute atomic E-state index is 13.3. The van der Waals surface area contributed by atoms with Gasteiger partial charge in [0.1, 0.15) is 5.82 Å². The van der Waals surface area contributed by atoms with Crippen LogP contribution in [0.3, 0.4) is 0 Å². The number of sulfonamides is 1. The van der Waals surface area contributed by atoms with Crippen LogP contribution in [-0.2, 0) is 16.4 Å². The van der Waals surface area contributed by atoms with E-state index in [9.17, 15) is 12.8 Å². The van der Waals surface area contributed by atoms with Gasteiger partial charge in [-0.3, -0.25) is 0 Å². The third kappa shape index (κ3) is 4.07. The molecule has 0 saturated carbocycles. The maximum atomic E-state index is 13.3.